The number of carbonyl (C=O) groups is 2. The first-order chi connectivity index (χ1) is 18.5. The van der Waals surface area contributed by atoms with Crippen LogP contribution in [0.1, 0.15) is 36.7 Å². The molecular formula is C27H27F3N2O6S2. The molecule has 8 nitrogen and oxygen atoms in total. The Labute approximate surface area is 230 Å². The molecule has 0 spiro atoms. The number of carbonyl (C=O) groups excluding carboxylic acids is 2. The lowest BCUT2D eigenvalue weighted by molar-refractivity contribution is -0.137. The molecule has 0 heterocycles. The normalized spacial score (nSPS) is 13.6. The summed E-state index contributed by atoms with van der Waals surface area (Å²) in [6.45, 7) is 2.98. The fraction of sp³-hybridized carbons (Fsp3) is 0.259. The van der Waals surface area contributed by atoms with Crippen molar-refractivity contribution in [3.05, 3.63) is 96.1 Å². The Morgan fingerprint density at radius 3 is 1.57 bits per heavy atom. The van der Waals surface area contributed by atoms with E-state index in [1.54, 1.807) is 0 Å². The molecule has 0 fully saturated rings. The lowest BCUT2D eigenvalue weighted by Crippen LogP contribution is -2.56. The van der Waals surface area contributed by atoms with Crippen LogP contribution in [0.5, 0.6) is 0 Å². The Morgan fingerprint density at radius 1 is 0.775 bits per heavy atom. The van der Waals surface area contributed by atoms with Gasteiger partial charge in [0.1, 0.15) is 0 Å². The molecule has 0 aromatic heterocycles. The van der Waals surface area contributed by atoms with Gasteiger partial charge < -0.3 is 5.32 Å². The maximum Gasteiger partial charge on any atom is 0.416 e. The molecule has 3 aromatic rings. The predicted octanol–water partition coefficient (Wildman–Crippen LogP) is 4.50. The summed E-state index contributed by atoms with van der Waals surface area (Å²) in [4.78, 5) is 25.0. The summed E-state index contributed by atoms with van der Waals surface area (Å²) in [6, 6.07) is 16.6. The number of halogens is 3. The van der Waals surface area contributed by atoms with Gasteiger partial charge in [-0.15, -0.1) is 0 Å². The summed E-state index contributed by atoms with van der Waals surface area (Å²) >= 11 is 0. The van der Waals surface area contributed by atoms with E-state index in [2.05, 4.69) is 5.32 Å². The van der Waals surface area contributed by atoms with Gasteiger partial charge >= 0.3 is 6.18 Å². The molecule has 13 heteroatoms. The van der Waals surface area contributed by atoms with Gasteiger partial charge in [-0.25, -0.2) is 16.8 Å². The number of amides is 1. The molecule has 214 valence electrons. The van der Waals surface area contributed by atoms with E-state index >= 15 is 0 Å². The fourth-order valence-corrected chi connectivity index (χ4v) is 7.81. The smallest absolute Gasteiger partial charge is 0.351 e. The van der Waals surface area contributed by atoms with Gasteiger partial charge in [-0.1, -0.05) is 52.2 Å². The van der Waals surface area contributed by atoms with Crippen LogP contribution >= 0.6 is 0 Å². The van der Waals surface area contributed by atoms with Crippen molar-refractivity contribution in [1.29, 1.82) is 0 Å². The summed E-state index contributed by atoms with van der Waals surface area (Å²) in [5.41, 5.74) is -2.78. The Bertz CT molecular complexity index is 1510. The molecule has 0 bridgehead atoms. The second-order valence-corrected chi connectivity index (χ2v) is 13.4. The Hall–Kier alpha value is -3.55. The first-order valence-electron chi connectivity index (χ1n) is 11.9. The Morgan fingerprint density at radius 2 is 1.20 bits per heavy atom. The van der Waals surface area contributed by atoms with Gasteiger partial charge in [0.25, 0.3) is 20.0 Å². The zero-order valence-corrected chi connectivity index (χ0v) is 23.3. The number of Topliss-reactive ketones (excluding diaryl/α,β-unsaturated/α-hetero) is 1. The van der Waals surface area contributed by atoms with E-state index in [-0.39, 0.29) is 19.1 Å². The standard InChI is InChI=1S/C27H27F3N2O6S2/c1-19(33)31-26(2,3)24(25(34)20-14-16-21(17-15-20)27(28,29)30)18-32(39(35,36)22-10-6-4-7-11-22)40(37,38)23-12-8-5-9-13-23/h4-17,24H,18H2,1-3H3,(H,31,33). The van der Waals surface area contributed by atoms with Crippen molar-refractivity contribution in [3.8, 4) is 0 Å². The van der Waals surface area contributed by atoms with Gasteiger partial charge in [-0.3, -0.25) is 9.59 Å². The Kier molecular flexibility index (Phi) is 8.92. The largest absolute Gasteiger partial charge is 0.416 e. The lowest BCUT2D eigenvalue weighted by atomic mass is 9.81. The highest BCUT2D eigenvalue weighted by Gasteiger charge is 2.45. The van der Waals surface area contributed by atoms with E-state index in [4.69, 9.17) is 0 Å². The maximum absolute atomic E-state index is 13.8. The van der Waals surface area contributed by atoms with Crippen molar-refractivity contribution in [1.82, 2.24) is 9.03 Å². The molecule has 1 N–H and O–H groups in total. The number of nitrogens with zero attached hydrogens (tertiary/aromatic N) is 1. The minimum absolute atomic E-state index is 0.195. The number of benzene rings is 3. The molecule has 0 aliphatic heterocycles. The SMILES string of the molecule is CC(=O)NC(C)(C)C(CN(S(=O)(=O)c1ccccc1)S(=O)(=O)c1ccccc1)C(=O)c1ccc(C(F)(F)F)cc1. The minimum atomic E-state index is -4.80. The number of nitrogens with one attached hydrogen (secondary N) is 1. The summed E-state index contributed by atoms with van der Waals surface area (Å²) in [5.74, 6) is -3.02. The number of sulfonamides is 2. The van der Waals surface area contributed by atoms with Crippen LogP contribution in [-0.4, -0.2) is 44.3 Å². The highest BCUT2D eigenvalue weighted by molar-refractivity contribution is 8.04. The molecule has 0 saturated carbocycles. The topological polar surface area (TPSA) is 118 Å². The molecular weight excluding hydrogens is 569 g/mol. The molecule has 1 amide bonds. The zero-order valence-electron chi connectivity index (χ0n) is 21.7. The average Bonchev–Trinajstić information content (AvgIpc) is 2.88. The van der Waals surface area contributed by atoms with Crippen molar-refractivity contribution in [2.45, 2.75) is 42.3 Å². The molecule has 1 atom stereocenters. The summed E-state index contributed by atoms with van der Waals surface area (Å²) in [5, 5.41) is 2.54. The third-order valence-electron chi connectivity index (χ3n) is 6.13. The minimum Gasteiger partial charge on any atom is -0.351 e. The predicted molar refractivity (Wildman–Crippen MR) is 141 cm³/mol. The lowest BCUT2D eigenvalue weighted by Gasteiger charge is -2.36. The van der Waals surface area contributed by atoms with E-state index in [0.29, 0.717) is 12.1 Å². The fourth-order valence-electron chi connectivity index (χ4n) is 4.10. The van der Waals surface area contributed by atoms with Crippen LogP contribution in [0.3, 0.4) is 0 Å². The second kappa shape index (κ2) is 11.5. The van der Waals surface area contributed by atoms with Gasteiger partial charge in [-0.05, 0) is 50.2 Å². The summed E-state index contributed by atoms with van der Waals surface area (Å²) in [7, 11) is -9.60. The highest BCUT2D eigenvalue weighted by atomic mass is 32.3. The van der Waals surface area contributed by atoms with Crippen LogP contribution in [-0.2, 0) is 31.0 Å². The van der Waals surface area contributed by atoms with Gasteiger partial charge in [0.2, 0.25) is 5.91 Å². The maximum atomic E-state index is 13.8. The number of hydrogen-bond donors (Lipinski definition) is 1. The summed E-state index contributed by atoms with van der Waals surface area (Å²) < 4.78 is 94.6. The van der Waals surface area contributed by atoms with Gasteiger partial charge in [0.05, 0.1) is 21.3 Å². The van der Waals surface area contributed by atoms with Crippen LogP contribution in [0.4, 0.5) is 13.2 Å². The molecule has 0 aliphatic rings. The average molecular weight is 597 g/mol. The van der Waals surface area contributed by atoms with E-state index in [1.165, 1.54) is 74.5 Å². The van der Waals surface area contributed by atoms with Gasteiger partial charge in [0, 0.05) is 24.6 Å². The second-order valence-electron chi connectivity index (χ2n) is 9.49. The molecule has 0 saturated heterocycles. The van der Waals surface area contributed by atoms with Crippen LogP contribution in [0.15, 0.2) is 94.7 Å². The van der Waals surface area contributed by atoms with Crippen molar-refractivity contribution in [3.63, 3.8) is 0 Å². The quantitative estimate of drug-likeness (QED) is 0.345. The van der Waals surface area contributed by atoms with Crippen LogP contribution < -0.4 is 5.32 Å². The Balaban J connectivity index is 2.21. The van der Waals surface area contributed by atoms with Gasteiger partial charge in [-0.2, -0.15) is 13.2 Å². The van der Waals surface area contributed by atoms with Crippen LogP contribution in [0.25, 0.3) is 0 Å². The molecule has 0 radical (unpaired) electrons. The van der Waals surface area contributed by atoms with Crippen molar-refractivity contribution >= 4 is 31.7 Å². The number of alkyl halides is 3. The first-order valence-corrected chi connectivity index (χ1v) is 14.7. The highest BCUT2D eigenvalue weighted by Crippen LogP contribution is 2.32. The molecule has 40 heavy (non-hydrogen) atoms. The van der Waals surface area contributed by atoms with E-state index in [9.17, 15) is 39.6 Å². The molecule has 1 unspecified atom stereocenters. The monoisotopic (exact) mass is 596 g/mol. The van der Waals surface area contributed by atoms with Crippen molar-refractivity contribution < 1.29 is 39.6 Å². The number of ketones is 1. The number of hydrogen-bond acceptors (Lipinski definition) is 6. The van der Waals surface area contributed by atoms with Crippen LogP contribution in [0.2, 0.25) is 0 Å². The van der Waals surface area contributed by atoms with Gasteiger partial charge in [0.15, 0.2) is 5.78 Å². The third-order valence-corrected chi connectivity index (χ3v) is 10.4. The van der Waals surface area contributed by atoms with E-state index < -0.39 is 61.5 Å². The van der Waals surface area contributed by atoms with Crippen LogP contribution in [0, 0.1) is 5.92 Å². The number of rotatable bonds is 10. The van der Waals surface area contributed by atoms with Crippen molar-refractivity contribution in [2.75, 3.05) is 6.54 Å². The van der Waals surface area contributed by atoms with E-state index in [1.807, 2.05) is 0 Å². The summed E-state index contributed by atoms with van der Waals surface area (Å²) in [6.07, 6.45) is -4.67. The molecule has 3 aromatic carbocycles. The zero-order chi connectivity index (χ0) is 29.9. The van der Waals surface area contributed by atoms with Crippen molar-refractivity contribution in [2.24, 2.45) is 5.92 Å². The van der Waals surface area contributed by atoms with E-state index in [0.717, 1.165) is 19.1 Å². The molecule has 0 aliphatic carbocycles. The third kappa shape index (κ3) is 6.77. The molecule has 3 rings (SSSR count). The first kappa shape index (κ1) is 31.0.